The van der Waals surface area contributed by atoms with E-state index < -0.39 is 0 Å². The summed E-state index contributed by atoms with van der Waals surface area (Å²) < 4.78 is 0. The van der Waals surface area contributed by atoms with Crippen molar-refractivity contribution in [1.82, 2.24) is 4.90 Å². The van der Waals surface area contributed by atoms with Crippen LogP contribution in [-0.4, -0.2) is 28.2 Å². The summed E-state index contributed by atoms with van der Waals surface area (Å²) >= 11 is 0. The summed E-state index contributed by atoms with van der Waals surface area (Å²) in [5.74, 6) is 0. The number of hydrogen-bond donors (Lipinski definition) is 1. The van der Waals surface area contributed by atoms with E-state index in [4.69, 9.17) is 0 Å². The normalized spacial score (nSPS) is 27.1. The Morgan fingerprint density at radius 1 is 1.18 bits per heavy atom. The summed E-state index contributed by atoms with van der Waals surface area (Å²) in [5, 5.41) is 9.90. The van der Waals surface area contributed by atoms with Gasteiger partial charge in [0.15, 0.2) is 0 Å². The quantitative estimate of drug-likeness (QED) is 0.806. The van der Waals surface area contributed by atoms with Crippen LogP contribution in [0.5, 0.6) is 0 Å². The lowest BCUT2D eigenvalue weighted by molar-refractivity contribution is -0.00819. The lowest BCUT2D eigenvalue weighted by Gasteiger charge is -2.46. The SMILES string of the molecule is CC(C)(C)N1CC[C@H](O)C[C@@H]1c1ccccc1. The lowest BCUT2D eigenvalue weighted by Crippen LogP contribution is -2.49. The van der Waals surface area contributed by atoms with Crippen LogP contribution in [0.3, 0.4) is 0 Å². The minimum Gasteiger partial charge on any atom is -0.393 e. The van der Waals surface area contributed by atoms with Crippen molar-refractivity contribution in [2.45, 2.75) is 51.3 Å². The Bertz CT molecular complexity index is 355. The van der Waals surface area contributed by atoms with Gasteiger partial charge >= 0.3 is 0 Å². The molecule has 1 saturated heterocycles. The zero-order chi connectivity index (χ0) is 12.5. The van der Waals surface area contributed by atoms with Crippen molar-refractivity contribution < 1.29 is 5.11 Å². The Kier molecular flexibility index (Phi) is 3.55. The molecular weight excluding hydrogens is 210 g/mol. The molecule has 1 aromatic carbocycles. The van der Waals surface area contributed by atoms with Gasteiger partial charge in [-0.1, -0.05) is 30.3 Å². The first kappa shape index (κ1) is 12.6. The van der Waals surface area contributed by atoms with Crippen LogP contribution >= 0.6 is 0 Å². The summed E-state index contributed by atoms with van der Waals surface area (Å²) in [6.07, 6.45) is 1.58. The zero-order valence-electron chi connectivity index (χ0n) is 11.1. The molecule has 2 nitrogen and oxygen atoms in total. The number of nitrogens with zero attached hydrogens (tertiary/aromatic N) is 1. The van der Waals surface area contributed by atoms with Gasteiger partial charge in [-0.2, -0.15) is 0 Å². The predicted octanol–water partition coefficient (Wildman–Crippen LogP) is 2.98. The number of likely N-dealkylation sites (tertiary alicyclic amines) is 1. The fourth-order valence-corrected chi connectivity index (χ4v) is 2.74. The van der Waals surface area contributed by atoms with Crippen LogP contribution in [0.2, 0.25) is 0 Å². The third-order valence-corrected chi connectivity index (χ3v) is 3.62. The fraction of sp³-hybridized carbons (Fsp3) is 0.600. The first-order valence-corrected chi connectivity index (χ1v) is 6.48. The van der Waals surface area contributed by atoms with Crippen molar-refractivity contribution in [2.24, 2.45) is 0 Å². The van der Waals surface area contributed by atoms with Crippen LogP contribution in [0.15, 0.2) is 30.3 Å². The van der Waals surface area contributed by atoms with Crippen LogP contribution in [0, 0.1) is 0 Å². The third kappa shape index (κ3) is 2.88. The molecule has 1 aliphatic heterocycles. The van der Waals surface area contributed by atoms with Crippen LogP contribution < -0.4 is 0 Å². The molecule has 0 radical (unpaired) electrons. The van der Waals surface area contributed by atoms with Crippen molar-refractivity contribution >= 4 is 0 Å². The van der Waals surface area contributed by atoms with Crippen molar-refractivity contribution in [3.8, 4) is 0 Å². The minimum atomic E-state index is -0.154. The molecule has 1 N–H and O–H groups in total. The molecule has 0 aliphatic carbocycles. The van der Waals surface area contributed by atoms with Gasteiger partial charge in [-0.05, 0) is 39.2 Å². The highest BCUT2D eigenvalue weighted by molar-refractivity contribution is 5.20. The molecule has 0 aromatic heterocycles. The molecule has 2 heteroatoms. The Balaban J connectivity index is 2.26. The van der Waals surface area contributed by atoms with Gasteiger partial charge < -0.3 is 5.11 Å². The number of hydrogen-bond acceptors (Lipinski definition) is 2. The number of benzene rings is 1. The number of rotatable bonds is 1. The maximum Gasteiger partial charge on any atom is 0.0570 e. The smallest absolute Gasteiger partial charge is 0.0570 e. The monoisotopic (exact) mass is 233 g/mol. The van der Waals surface area contributed by atoms with Crippen LogP contribution in [0.1, 0.15) is 45.2 Å². The topological polar surface area (TPSA) is 23.5 Å². The molecule has 1 aliphatic rings. The minimum absolute atomic E-state index is 0.153. The van der Waals surface area contributed by atoms with Gasteiger partial charge in [-0.25, -0.2) is 0 Å². The second kappa shape index (κ2) is 4.79. The maximum absolute atomic E-state index is 9.90. The Labute approximate surface area is 104 Å². The van der Waals surface area contributed by atoms with Gasteiger partial charge in [0, 0.05) is 18.1 Å². The fourth-order valence-electron chi connectivity index (χ4n) is 2.74. The molecule has 94 valence electrons. The largest absolute Gasteiger partial charge is 0.393 e. The van der Waals surface area contributed by atoms with E-state index in [1.54, 1.807) is 0 Å². The molecular formula is C15H23NO. The molecule has 2 atom stereocenters. The third-order valence-electron chi connectivity index (χ3n) is 3.62. The Hall–Kier alpha value is -0.860. The number of aliphatic hydroxyl groups excluding tert-OH is 1. The van der Waals surface area contributed by atoms with E-state index in [0.717, 1.165) is 19.4 Å². The lowest BCUT2D eigenvalue weighted by atomic mass is 9.89. The van der Waals surface area contributed by atoms with E-state index in [9.17, 15) is 5.11 Å². The summed E-state index contributed by atoms with van der Waals surface area (Å²) in [6, 6.07) is 10.9. The van der Waals surface area contributed by atoms with E-state index in [2.05, 4.69) is 49.9 Å². The first-order chi connectivity index (χ1) is 7.98. The first-order valence-electron chi connectivity index (χ1n) is 6.48. The van der Waals surface area contributed by atoms with Crippen LogP contribution in [0.4, 0.5) is 0 Å². The van der Waals surface area contributed by atoms with E-state index in [-0.39, 0.29) is 11.6 Å². The molecule has 0 spiro atoms. The summed E-state index contributed by atoms with van der Waals surface area (Å²) in [4.78, 5) is 2.51. The van der Waals surface area contributed by atoms with Gasteiger partial charge in [0.05, 0.1) is 6.10 Å². The summed E-state index contributed by atoms with van der Waals surface area (Å²) in [7, 11) is 0. The summed E-state index contributed by atoms with van der Waals surface area (Å²) in [6.45, 7) is 7.73. The molecule has 17 heavy (non-hydrogen) atoms. The molecule has 1 heterocycles. The predicted molar refractivity (Wildman–Crippen MR) is 70.9 cm³/mol. The zero-order valence-corrected chi connectivity index (χ0v) is 11.1. The van der Waals surface area contributed by atoms with E-state index in [1.807, 2.05) is 6.07 Å². The molecule has 0 amide bonds. The van der Waals surface area contributed by atoms with E-state index in [0.29, 0.717) is 6.04 Å². The van der Waals surface area contributed by atoms with Crippen molar-refractivity contribution in [3.63, 3.8) is 0 Å². The van der Waals surface area contributed by atoms with Crippen molar-refractivity contribution in [3.05, 3.63) is 35.9 Å². The average molecular weight is 233 g/mol. The highest BCUT2D eigenvalue weighted by Gasteiger charge is 2.34. The highest BCUT2D eigenvalue weighted by Crippen LogP contribution is 2.35. The highest BCUT2D eigenvalue weighted by atomic mass is 16.3. The van der Waals surface area contributed by atoms with E-state index >= 15 is 0 Å². The van der Waals surface area contributed by atoms with Gasteiger partial charge in [-0.15, -0.1) is 0 Å². The molecule has 0 saturated carbocycles. The van der Waals surface area contributed by atoms with Crippen LogP contribution in [0.25, 0.3) is 0 Å². The molecule has 0 bridgehead atoms. The second-order valence-electron chi connectivity index (χ2n) is 5.97. The van der Waals surface area contributed by atoms with Gasteiger partial charge in [0.2, 0.25) is 0 Å². The molecule has 1 aromatic rings. The van der Waals surface area contributed by atoms with E-state index in [1.165, 1.54) is 5.56 Å². The van der Waals surface area contributed by atoms with Crippen molar-refractivity contribution in [1.29, 1.82) is 0 Å². The van der Waals surface area contributed by atoms with Gasteiger partial charge in [0.25, 0.3) is 0 Å². The van der Waals surface area contributed by atoms with Crippen LogP contribution in [-0.2, 0) is 0 Å². The van der Waals surface area contributed by atoms with Gasteiger partial charge in [-0.3, -0.25) is 4.90 Å². The second-order valence-corrected chi connectivity index (χ2v) is 5.97. The molecule has 0 unspecified atom stereocenters. The number of piperidine rings is 1. The Morgan fingerprint density at radius 3 is 2.41 bits per heavy atom. The van der Waals surface area contributed by atoms with Gasteiger partial charge in [0.1, 0.15) is 0 Å². The number of aliphatic hydroxyl groups is 1. The molecule has 1 fully saturated rings. The maximum atomic E-state index is 9.90. The summed E-state index contributed by atoms with van der Waals surface area (Å²) in [5.41, 5.74) is 1.47. The van der Waals surface area contributed by atoms with Crippen molar-refractivity contribution in [2.75, 3.05) is 6.54 Å². The standard InChI is InChI=1S/C15H23NO/c1-15(2,3)16-10-9-13(17)11-14(16)12-7-5-4-6-8-12/h4-8,13-14,17H,9-11H2,1-3H3/t13-,14+/m0/s1. The Morgan fingerprint density at radius 2 is 1.82 bits per heavy atom. The average Bonchev–Trinajstić information content (AvgIpc) is 2.28. The molecule has 2 rings (SSSR count).